The standard InChI is InChI=1S/C10H18N4O2/c1-2-8(11)9(15)13-3-4-14-7(6-13)5-12-10(14)16/h7-8H,2-6,11H2,1H3,(H,12,16)/t7?,8-/m1/s1. The lowest BCUT2D eigenvalue weighted by atomic mass is 10.1. The second kappa shape index (κ2) is 4.29. The second-order valence-electron chi connectivity index (χ2n) is 4.33. The van der Waals surface area contributed by atoms with Crippen molar-refractivity contribution in [1.29, 1.82) is 0 Å². The molecule has 0 radical (unpaired) electrons. The van der Waals surface area contributed by atoms with Gasteiger partial charge in [0.05, 0.1) is 12.1 Å². The van der Waals surface area contributed by atoms with E-state index in [1.807, 2.05) is 6.92 Å². The third-order valence-electron chi connectivity index (χ3n) is 3.30. The second-order valence-corrected chi connectivity index (χ2v) is 4.33. The lowest BCUT2D eigenvalue weighted by molar-refractivity contribution is -0.134. The molecule has 0 bridgehead atoms. The number of hydrogen-bond donors (Lipinski definition) is 2. The summed E-state index contributed by atoms with van der Waals surface area (Å²) in [5.41, 5.74) is 5.72. The van der Waals surface area contributed by atoms with Crippen molar-refractivity contribution in [1.82, 2.24) is 15.1 Å². The van der Waals surface area contributed by atoms with Crippen LogP contribution >= 0.6 is 0 Å². The number of hydrogen-bond acceptors (Lipinski definition) is 3. The highest BCUT2D eigenvalue weighted by Gasteiger charge is 2.37. The van der Waals surface area contributed by atoms with Gasteiger partial charge in [0.2, 0.25) is 5.91 Å². The number of fused-ring (bicyclic) bond motifs is 1. The zero-order valence-electron chi connectivity index (χ0n) is 9.48. The molecule has 0 spiro atoms. The smallest absolute Gasteiger partial charge is 0.317 e. The van der Waals surface area contributed by atoms with Gasteiger partial charge >= 0.3 is 6.03 Å². The Labute approximate surface area is 94.7 Å². The lowest BCUT2D eigenvalue weighted by Gasteiger charge is -2.37. The van der Waals surface area contributed by atoms with E-state index in [2.05, 4.69) is 5.32 Å². The van der Waals surface area contributed by atoms with Crippen LogP contribution in [0, 0.1) is 0 Å². The number of rotatable bonds is 2. The zero-order valence-corrected chi connectivity index (χ0v) is 9.48. The van der Waals surface area contributed by atoms with Gasteiger partial charge in [-0.25, -0.2) is 4.79 Å². The molecule has 2 aliphatic rings. The summed E-state index contributed by atoms with van der Waals surface area (Å²) in [6, 6.07) is -0.303. The molecule has 2 saturated heterocycles. The maximum absolute atomic E-state index is 11.9. The molecule has 6 nitrogen and oxygen atoms in total. The summed E-state index contributed by atoms with van der Waals surface area (Å²) in [6.07, 6.45) is 0.654. The fourth-order valence-electron chi connectivity index (χ4n) is 2.21. The van der Waals surface area contributed by atoms with Crippen LogP contribution in [0.2, 0.25) is 0 Å². The quantitative estimate of drug-likeness (QED) is 0.631. The van der Waals surface area contributed by atoms with Gasteiger partial charge in [-0.3, -0.25) is 4.79 Å². The summed E-state index contributed by atoms with van der Waals surface area (Å²) >= 11 is 0. The van der Waals surface area contributed by atoms with Crippen molar-refractivity contribution < 1.29 is 9.59 Å². The predicted molar refractivity (Wildman–Crippen MR) is 58.7 cm³/mol. The van der Waals surface area contributed by atoms with Crippen LogP contribution in [0.5, 0.6) is 0 Å². The fourth-order valence-corrected chi connectivity index (χ4v) is 2.21. The van der Waals surface area contributed by atoms with Crippen molar-refractivity contribution in [3.63, 3.8) is 0 Å². The molecule has 2 rings (SSSR count). The third kappa shape index (κ3) is 1.84. The fraction of sp³-hybridized carbons (Fsp3) is 0.800. The van der Waals surface area contributed by atoms with E-state index < -0.39 is 6.04 Å². The molecule has 0 aromatic carbocycles. The van der Waals surface area contributed by atoms with E-state index in [4.69, 9.17) is 5.73 Å². The Hall–Kier alpha value is -1.30. The van der Waals surface area contributed by atoms with Gasteiger partial charge in [0.25, 0.3) is 0 Å². The molecule has 2 heterocycles. The van der Waals surface area contributed by atoms with E-state index in [0.29, 0.717) is 32.6 Å². The van der Waals surface area contributed by atoms with Crippen molar-refractivity contribution in [2.75, 3.05) is 26.2 Å². The first-order chi connectivity index (χ1) is 7.63. The number of nitrogens with zero attached hydrogens (tertiary/aromatic N) is 2. The normalized spacial score (nSPS) is 26.4. The summed E-state index contributed by atoms with van der Waals surface area (Å²) in [5, 5.41) is 2.78. The molecule has 2 aliphatic heterocycles. The molecule has 0 aliphatic carbocycles. The van der Waals surface area contributed by atoms with Crippen LogP contribution < -0.4 is 11.1 Å². The van der Waals surface area contributed by atoms with E-state index >= 15 is 0 Å². The van der Waals surface area contributed by atoms with Crippen molar-refractivity contribution >= 4 is 11.9 Å². The number of carbonyl (C=O) groups is 2. The SMILES string of the molecule is CC[C@@H](N)C(=O)N1CCN2C(=O)NCC2C1. The van der Waals surface area contributed by atoms with Crippen LogP contribution in [0.25, 0.3) is 0 Å². The first-order valence-corrected chi connectivity index (χ1v) is 5.72. The van der Waals surface area contributed by atoms with Crippen LogP contribution in [0.3, 0.4) is 0 Å². The van der Waals surface area contributed by atoms with Crippen molar-refractivity contribution in [3.8, 4) is 0 Å². The van der Waals surface area contributed by atoms with Gasteiger partial charge in [-0.05, 0) is 6.42 Å². The number of amides is 3. The molecule has 1 unspecified atom stereocenters. The van der Waals surface area contributed by atoms with Crippen LogP contribution in [0.4, 0.5) is 4.79 Å². The molecular formula is C10H18N4O2. The summed E-state index contributed by atoms with van der Waals surface area (Å²) in [5.74, 6) is 0.00139. The van der Waals surface area contributed by atoms with Gasteiger partial charge in [0.1, 0.15) is 0 Å². The van der Waals surface area contributed by atoms with Crippen LogP contribution in [0.15, 0.2) is 0 Å². The zero-order chi connectivity index (χ0) is 11.7. The Bertz CT molecular complexity index is 307. The first kappa shape index (κ1) is 11.2. The minimum Gasteiger partial charge on any atom is -0.337 e. The summed E-state index contributed by atoms with van der Waals surface area (Å²) in [4.78, 5) is 26.8. The van der Waals surface area contributed by atoms with Crippen LogP contribution in [-0.4, -0.2) is 60.0 Å². The van der Waals surface area contributed by atoms with E-state index in [1.54, 1.807) is 9.80 Å². The van der Waals surface area contributed by atoms with Crippen LogP contribution in [0.1, 0.15) is 13.3 Å². The molecule has 0 aromatic rings. The molecule has 3 N–H and O–H groups in total. The van der Waals surface area contributed by atoms with Gasteiger partial charge in [-0.15, -0.1) is 0 Å². The Morgan fingerprint density at radius 2 is 2.38 bits per heavy atom. The monoisotopic (exact) mass is 226 g/mol. The van der Waals surface area contributed by atoms with Crippen molar-refractivity contribution in [3.05, 3.63) is 0 Å². The third-order valence-corrected chi connectivity index (χ3v) is 3.30. The van der Waals surface area contributed by atoms with Crippen LogP contribution in [-0.2, 0) is 4.79 Å². The molecule has 0 aromatic heterocycles. The highest BCUT2D eigenvalue weighted by atomic mass is 16.2. The summed E-state index contributed by atoms with van der Waals surface area (Å²) in [6.45, 7) is 4.34. The lowest BCUT2D eigenvalue weighted by Crippen LogP contribution is -2.56. The molecule has 0 saturated carbocycles. The van der Waals surface area contributed by atoms with Crippen molar-refractivity contribution in [2.45, 2.75) is 25.4 Å². The van der Waals surface area contributed by atoms with Gasteiger partial charge in [0, 0.05) is 26.2 Å². The maximum Gasteiger partial charge on any atom is 0.317 e. The minimum atomic E-state index is -0.406. The molecule has 3 amide bonds. The Balaban J connectivity index is 1.96. The molecule has 90 valence electrons. The molecular weight excluding hydrogens is 208 g/mol. The number of piperazine rings is 1. The summed E-state index contributed by atoms with van der Waals surface area (Å²) in [7, 11) is 0. The Morgan fingerprint density at radius 1 is 1.62 bits per heavy atom. The minimum absolute atomic E-state index is 0.00139. The number of nitrogens with two attached hydrogens (primary N) is 1. The first-order valence-electron chi connectivity index (χ1n) is 5.72. The highest BCUT2D eigenvalue weighted by Crippen LogP contribution is 2.14. The van der Waals surface area contributed by atoms with Crippen molar-refractivity contribution in [2.24, 2.45) is 5.73 Å². The number of carbonyl (C=O) groups excluding carboxylic acids is 2. The highest BCUT2D eigenvalue weighted by molar-refractivity contribution is 5.82. The summed E-state index contributed by atoms with van der Waals surface area (Å²) < 4.78 is 0. The Morgan fingerprint density at radius 3 is 3.06 bits per heavy atom. The topological polar surface area (TPSA) is 78.7 Å². The maximum atomic E-state index is 11.9. The van der Waals surface area contributed by atoms with E-state index in [1.165, 1.54) is 0 Å². The van der Waals surface area contributed by atoms with E-state index in [0.717, 1.165) is 0 Å². The van der Waals surface area contributed by atoms with Gasteiger partial charge in [0.15, 0.2) is 0 Å². The molecule has 2 fully saturated rings. The Kier molecular flexibility index (Phi) is 3.00. The van der Waals surface area contributed by atoms with Gasteiger partial charge in [-0.2, -0.15) is 0 Å². The van der Waals surface area contributed by atoms with E-state index in [9.17, 15) is 9.59 Å². The largest absolute Gasteiger partial charge is 0.337 e. The average molecular weight is 226 g/mol. The number of urea groups is 1. The number of nitrogens with one attached hydrogen (secondary N) is 1. The average Bonchev–Trinajstić information content (AvgIpc) is 2.68. The van der Waals surface area contributed by atoms with Gasteiger partial charge in [-0.1, -0.05) is 6.92 Å². The molecule has 2 atom stereocenters. The predicted octanol–water partition coefficient (Wildman–Crippen LogP) is -1.04. The molecule has 6 heteroatoms. The molecule has 16 heavy (non-hydrogen) atoms. The van der Waals surface area contributed by atoms with Gasteiger partial charge < -0.3 is 20.9 Å². The van der Waals surface area contributed by atoms with E-state index in [-0.39, 0.29) is 18.0 Å².